The predicted octanol–water partition coefficient (Wildman–Crippen LogP) is 0.196. The lowest BCUT2D eigenvalue weighted by molar-refractivity contribution is -0.134. The van der Waals surface area contributed by atoms with Gasteiger partial charge in [0.15, 0.2) is 9.84 Å². The summed E-state index contributed by atoms with van der Waals surface area (Å²) in [5.74, 6) is 0.391. The molecule has 0 radical (unpaired) electrons. The van der Waals surface area contributed by atoms with Gasteiger partial charge in [0, 0.05) is 13.1 Å². The Morgan fingerprint density at radius 2 is 2.00 bits per heavy atom. The number of rotatable bonds is 2. The molecule has 0 aromatic rings. The van der Waals surface area contributed by atoms with E-state index in [9.17, 15) is 13.2 Å². The molecule has 2 rings (SSSR count). The van der Waals surface area contributed by atoms with Gasteiger partial charge in [-0.05, 0) is 25.8 Å². The predicted molar refractivity (Wildman–Crippen MR) is 72.7 cm³/mol. The van der Waals surface area contributed by atoms with Crippen LogP contribution in [0.15, 0.2) is 0 Å². The molecule has 5 nitrogen and oxygen atoms in total. The lowest BCUT2D eigenvalue weighted by atomic mass is 10.0. The molecule has 2 atom stereocenters. The minimum absolute atomic E-state index is 0. The van der Waals surface area contributed by atoms with Crippen molar-refractivity contribution < 1.29 is 13.2 Å². The molecule has 0 spiro atoms. The monoisotopic (exact) mass is 296 g/mol. The smallest absolute Gasteiger partial charge is 0.239 e. The Labute approximate surface area is 115 Å². The van der Waals surface area contributed by atoms with E-state index in [1.807, 2.05) is 0 Å². The zero-order valence-corrected chi connectivity index (χ0v) is 12.2. The fraction of sp³-hybridized carbons (Fsp3) is 0.909. The van der Waals surface area contributed by atoms with Crippen LogP contribution in [-0.4, -0.2) is 56.4 Å². The van der Waals surface area contributed by atoms with Crippen LogP contribution in [0, 0.1) is 0 Å². The number of carbonyl (C=O) groups excluding carboxylic acids is 1. The fourth-order valence-electron chi connectivity index (χ4n) is 2.57. The lowest BCUT2D eigenvalue weighted by Gasteiger charge is -2.30. The molecular formula is C11H21ClN2O3S. The first-order valence-electron chi connectivity index (χ1n) is 6.20. The van der Waals surface area contributed by atoms with Crippen molar-refractivity contribution in [1.82, 2.24) is 10.2 Å². The van der Waals surface area contributed by atoms with Gasteiger partial charge in [-0.15, -0.1) is 12.4 Å². The van der Waals surface area contributed by atoms with E-state index < -0.39 is 9.84 Å². The van der Waals surface area contributed by atoms with E-state index in [0.29, 0.717) is 6.42 Å². The molecule has 0 saturated carbocycles. The molecule has 1 N–H and O–H groups in total. The summed E-state index contributed by atoms with van der Waals surface area (Å²) in [4.78, 5) is 13.8. The van der Waals surface area contributed by atoms with E-state index >= 15 is 0 Å². The first-order chi connectivity index (χ1) is 7.99. The maximum absolute atomic E-state index is 12.2. The third-order valence-corrected chi connectivity index (χ3v) is 5.46. The van der Waals surface area contributed by atoms with Crippen molar-refractivity contribution in [3.05, 3.63) is 0 Å². The van der Waals surface area contributed by atoms with E-state index in [4.69, 9.17) is 0 Å². The standard InChI is InChI=1S/C11H20N2O3S.ClH/c1-13(9-5-7-17(15,16)8-9)11(14)10-4-2-3-6-12-10;/h9-10,12H,2-8H2,1H3;1H/t9?,10-;/m0./s1. The van der Waals surface area contributed by atoms with Gasteiger partial charge in [0.2, 0.25) is 5.91 Å². The number of hydrogen-bond acceptors (Lipinski definition) is 4. The number of sulfone groups is 1. The van der Waals surface area contributed by atoms with E-state index in [0.717, 1.165) is 25.8 Å². The SMILES string of the molecule is CN(C(=O)[C@@H]1CCCCN1)C1CCS(=O)(=O)C1.Cl. The van der Waals surface area contributed by atoms with Gasteiger partial charge < -0.3 is 10.2 Å². The van der Waals surface area contributed by atoms with Crippen molar-refractivity contribution >= 4 is 28.2 Å². The van der Waals surface area contributed by atoms with Crippen molar-refractivity contribution in [3.8, 4) is 0 Å². The van der Waals surface area contributed by atoms with Crippen molar-refractivity contribution in [2.75, 3.05) is 25.1 Å². The fourth-order valence-corrected chi connectivity index (χ4v) is 4.34. The molecule has 2 aliphatic heterocycles. The maximum atomic E-state index is 12.2. The van der Waals surface area contributed by atoms with Gasteiger partial charge in [-0.1, -0.05) is 6.42 Å². The number of amides is 1. The van der Waals surface area contributed by atoms with E-state index in [1.165, 1.54) is 0 Å². The molecule has 2 heterocycles. The van der Waals surface area contributed by atoms with Gasteiger partial charge in [-0.25, -0.2) is 8.42 Å². The summed E-state index contributed by atoms with van der Waals surface area (Å²) >= 11 is 0. The van der Waals surface area contributed by atoms with Crippen LogP contribution in [0.2, 0.25) is 0 Å². The van der Waals surface area contributed by atoms with E-state index in [-0.39, 0.29) is 41.9 Å². The molecule has 2 saturated heterocycles. The number of piperidine rings is 1. The molecule has 0 aromatic heterocycles. The zero-order valence-electron chi connectivity index (χ0n) is 10.6. The number of halogens is 1. The van der Waals surface area contributed by atoms with Crippen LogP contribution < -0.4 is 5.32 Å². The van der Waals surface area contributed by atoms with Gasteiger partial charge in [-0.2, -0.15) is 0 Å². The average Bonchev–Trinajstić information content (AvgIpc) is 2.69. The summed E-state index contributed by atoms with van der Waals surface area (Å²) < 4.78 is 22.8. The summed E-state index contributed by atoms with van der Waals surface area (Å²) in [6, 6.07) is -0.242. The van der Waals surface area contributed by atoms with Gasteiger partial charge in [0.1, 0.15) is 0 Å². The molecule has 1 unspecified atom stereocenters. The summed E-state index contributed by atoms with van der Waals surface area (Å²) in [6.45, 7) is 0.882. The molecule has 18 heavy (non-hydrogen) atoms. The number of hydrogen-bond donors (Lipinski definition) is 1. The molecule has 106 valence electrons. The molecular weight excluding hydrogens is 276 g/mol. The van der Waals surface area contributed by atoms with Gasteiger partial charge >= 0.3 is 0 Å². The second-order valence-electron chi connectivity index (χ2n) is 5.01. The largest absolute Gasteiger partial charge is 0.340 e. The summed E-state index contributed by atoms with van der Waals surface area (Å²) in [7, 11) is -1.19. The molecule has 2 aliphatic rings. The van der Waals surface area contributed by atoms with E-state index in [2.05, 4.69) is 5.32 Å². The van der Waals surface area contributed by atoms with Gasteiger partial charge in [-0.3, -0.25) is 4.79 Å². The van der Waals surface area contributed by atoms with Crippen LogP contribution in [-0.2, 0) is 14.6 Å². The highest BCUT2D eigenvalue weighted by Gasteiger charge is 2.35. The molecule has 7 heteroatoms. The topological polar surface area (TPSA) is 66.5 Å². The third kappa shape index (κ3) is 3.59. The summed E-state index contributed by atoms with van der Waals surface area (Å²) in [5.41, 5.74) is 0. The first-order valence-corrected chi connectivity index (χ1v) is 8.02. The average molecular weight is 297 g/mol. The quantitative estimate of drug-likeness (QED) is 0.790. The van der Waals surface area contributed by atoms with E-state index in [1.54, 1.807) is 11.9 Å². The van der Waals surface area contributed by atoms with Crippen LogP contribution >= 0.6 is 12.4 Å². The second kappa shape index (κ2) is 6.21. The van der Waals surface area contributed by atoms with Crippen LogP contribution in [0.25, 0.3) is 0 Å². The van der Waals surface area contributed by atoms with Crippen LogP contribution in [0.1, 0.15) is 25.7 Å². The Kier molecular flexibility index (Phi) is 5.43. The summed E-state index contributed by atoms with van der Waals surface area (Å²) in [5, 5.41) is 3.20. The number of nitrogens with zero attached hydrogens (tertiary/aromatic N) is 1. The van der Waals surface area contributed by atoms with Crippen molar-refractivity contribution in [3.63, 3.8) is 0 Å². The first kappa shape index (κ1) is 15.7. The van der Waals surface area contributed by atoms with Gasteiger partial charge in [0.25, 0.3) is 0 Å². The van der Waals surface area contributed by atoms with Crippen LogP contribution in [0.5, 0.6) is 0 Å². The molecule has 0 aliphatic carbocycles. The number of likely N-dealkylation sites (N-methyl/N-ethyl adjacent to an activating group) is 1. The lowest BCUT2D eigenvalue weighted by Crippen LogP contribution is -2.50. The Hall–Kier alpha value is -0.330. The third-order valence-electron chi connectivity index (χ3n) is 3.71. The number of nitrogens with one attached hydrogen (secondary N) is 1. The molecule has 1 amide bonds. The Balaban J connectivity index is 0.00000162. The van der Waals surface area contributed by atoms with Crippen molar-refractivity contribution in [1.29, 1.82) is 0 Å². The molecule has 0 aromatic carbocycles. The maximum Gasteiger partial charge on any atom is 0.239 e. The van der Waals surface area contributed by atoms with Crippen LogP contribution in [0.4, 0.5) is 0 Å². The minimum atomic E-state index is -2.92. The highest BCUT2D eigenvalue weighted by molar-refractivity contribution is 7.91. The van der Waals surface area contributed by atoms with Crippen molar-refractivity contribution in [2.45, 2.75) is 37.8 Å². The Bertz CT molecular complexity index is 393. The number of carbonyl (C=O) groups is 1. The van der Waals surface area contributed by atoms with Crippen LogP contribution in [0.3, 0.4) is 0 Å². The second-order valence-corrected chi connectivity index (χ2v) is 7.24. The Morgan fingerprint density at radius 3 is 2.50 bits per heavy atom. The zero-order chi connectivity index (χ0) is 12.5. The minimum Gasteiger partial charge on any atom is -0.340 e. The Morgan fingerprint density at radius 1 is 1.28 bits per heavy atom. The molecule has 2 fully saturated rings. The summed E-state index contributed by atoms with van der Waals surface area (Å²) in [6.07, 6.45) is 3.63. The highest BCUT2D eigenvalue weighted by atomic mass is 35.5. The normalized spacial score (nSPS) is 30.5. The van der Waals surface area contributed by atoms with Gasteiger partial charge in [0.05, 0.1) is 17.5 Å². The molecule has 0 bridgehead atoms. The highest BCUT2D eigenvalue weighted by Crippen LogP contribution is 2.18. The van der Waals surface area contributed by atoms with Crippen molar-refractivity contribution in [2.24, 2.45) is 0 Å².